The summed E-state index contributed by atoms with van der Waals surface area (Å²) in [6.45, 7) is 1.59. The molecule has 60 valence electrons. The highest BCUT2D eigenvalue weighted by molar-refractivity contribution is 5.11. The maximum Gasteiger partial charge on any atom is 0.149 e. The molecule has 0 aliphatic carbocycles. The molecule has 0 aliphatic rings. The van der Waals surface area contributed by atoms with Crippen molar-refractivity contribution in [2.75, 3.05) is 0 Å². The standard InChI is InChI=1S/C7H8F2N2/c1-4(10)7-6(9)2-5(8)3-11-7/h2-4H,10H2,1H3/t4-/m1/s1. The van der Waals surface area contributed by atoms with Crippen molar-refractivity contribution in [3.8, 4) is 0 Å². The summed E-state index contributed by atoms with van der Waals surface area (Å²) in [6.07, 6.45) is 0.946. The summed E-state index contributed by atoms with van der Waals surface area (Å²) in [6, 6.07) is 0.265. The molecule has 0 saturated carbocycles. The number of hydrogen-bond donors (Lipinski definition) is 1. The monoisotopic (exact) mass is 158 g/mol. The molecular weight excluding hydrogens is 150 g/mol. The molecule has 4 heteroatoms. The molecule has 11 heavy (non-hydrogen) atoms. The minimum Gasteiger partial charge on any atom is -0.323 e. The van der Waals surface area contributed by atoms with Gasteiger partial charge in [-0.3, -0.25) is 4.98 Å². The van der Waals surface area contributed by atoms with Gasteiger partial charge in [-0.25, -0.2) is 8.78 Å². The first-order chi connectivity index (χ1) is 5.11. The Labute approximate surface area is 63.1 Å². The molecule has 0 saturated heterocycles. The van der Waals surface area contributed by atoms with E-state index in [1.165, 1.54) is 0 Å². The molecule has 0 amide bonds. The van der Waals surface area contributed by atoms with Crippen molar-refractivity contribution < 1.29 is 8.78 Å². The quantitative estimate of drug-likeness (QED) is 0.670. The Hall–Kier alpha value is -1.03. The summed E-state index contributed by atoms with van der Waals surface area (Å²) in [5.74, 6) is -1.38. The Kier molecular flexibility index (Phi) is 2.14. The average molecular weight is 158 g/mol. The van der Waals surface area contributed by atoms with Gasteiger partial charge in [-0.1, -0.05) is 0 Å². The van der Waals surface area contributed by atoms with Gasteiger partial charge in [0.25, 0.3) is 0 Å². The Balaban J connectivity index is 3.09. The van der Waals surface area contributed by atoms with Crippen LogP contribution in [0.15, 0.2) is 12.3 Å². The van der Waals surface area contributed by atoms with Gasteiger partial charge in [0, 0.05) is 12.1 Å². The molecule has 0 fully saturated rings. The second-order valence-electron chi connectivity index (χ2n) is 2.31. The van der Waals surface area contributed by atoms with Crippen molar-refractivity contribution in [3.05, 3.63) is 29.6 Å². The van der Waals surface area contributed by atoms with Crippen LogP contribution in [0.25, 0.3) is 0 Å². The first-order valence-electron chi connectivity index (χ1n) is 3.18. The van der Waals surface area contributed by atoms with Crippen LogP contribution in [0.2, 0.25) is 0 Å². The van der Waals surface area contributed by atoms with Crippen molar-refractivity contribution in [2.45, 2.75) is 13.0 Å². The van der Waals surface area contributed by atoms with E-state index in [-0.39, 0.29) is 5.69 Å². The van der Waals surface area contributed by atoms with Crippen LogP contribution in [-0.4, -0.2) is 4.98 Å². The maximum atomic E-state index is 12.7. The molecule has 0 unspecified atom stereocenters. The largest absolute Gasteiger partial charge is 0.323 e. The fourth-order valence-electron chi connectivity index (χ4n) is 0.760. The van der Waals surface area contributed by atoms with Crippen LogP contribution >= 0.6 is 0 Å². The van der Waals surface area contributed by atoms with E-state index in [4.69, 9.17) is 5.73 Å². The molecular formula is C7H8F2N2. The van der Waals surface area contributed by atoms with Gasteiger partial charge in [-0.15, -0.1) is 0 Å². The maximum absolute atomic E-state index is 12.7. The number of halogens is 2. The summed E-state index contributed by atoms with van der Waals surface area (Å²) in [7, 11) is 0. The van der Waals surface area contributed by atoms with Crippen molar-refractivity contribution >= 4 is 0 Å². The lowest BCUT2D eigenvalue weighted by Gasteiger charge is -2.04. The highest BCUT2D eigenvalue weighted by Gasteiger charge is 2.08. The van der Waals surface area contributed by atoms with E-state index in [0.717, 1.165) is 12.3 Å². The van der Waals surface area contributed by atoms with Crippen LogP contribution in [0, 0.1) is 11.6 Å². The third kappa shape index (κ3) is 1.71. The van der Waals surface area contributed by atoms with Gasteiger partial charge in [0.2, 0.25) is 0 Å². The van der Waals surface area contributed by atoms with Crippen LogP contribution in [0.1, 0.15) is 18.7 Å². The number of pyridine rings is 1. The third-order valence-corrected chi connectivity index (χ3v) is 1.27. The molecule has 1 aromatic heterocycles. The second-order valence-corrected chi connectivity index (χ2v) is 2.31. The predicted molar refractivity (Wildman–Crippen MR) is 36.8 cm³/mol. The normalized spacial score (nSPS) is 13.1. The summed E-state index contributed by atoms with van der Waals surface area (Å²) in [4.78, 5) is 3.50. The number of nitrogens with two attached hydrogens (primary N) is 1. The van der Waals surface area contributed by atoms with Gasteiger partial charge in [0.05, 0.1) is 11.9 Å². The lowest BCUT2D eigenvalue weighted by atomic mass is 10.2. The van der Waals surface area contributed by atoms with Crippen molar-refractivity contribution in [1.29, 1.82) is 0 Å². The third-order valence-electron chi connectivity index (χ3n) is 1.27. The van der Waals surface area contributed by atoms with Crippen LogP contribution in [0.3, 0.4) is 0 Å². The zero-order valence-corrected chi connectivity index (χ0v) is 6.01. The van der Waals surface area contributed by atoms with Crippen LogP contribution in [0.5, 0.6) is 0 Å². The lowest BCUT2D eigenvalue weighted by molar-refractivity contribution is 0.545. The molecule has 0 bridgehead atoms. The van der Waals surface area contributed by atoms with Gasteiger partial charge < -0.3 is 5.73 Å². The molecule has 1 aromatic rings. The van der Waals surface area contributed by atoms with Gasteiger partial charge in [0.15, 0.2) is 0 Å². The zero-order valence-electron chi connectivity index (χ0n) is 6.01. The lowest BCUT2D eigenvalue weighted by Crippen LogP contribution is -2.09. The molecule has 0 aliphatic heterocycles. The number of nitrogens with zero attached hydrogens (tertiary/aromatic N) is 1. The Bertz CT molecular complexity index is 261. The van der Waals surface area contributed by atoms with Gasteiger partial charge in [0.1, 0.15) is 11.6 Å². The highest BCUT2D eigenvalue weighted by Crippen LogP contribution is 2.11. The Morgan fingerprint density at radius 3 is 2.64 bits per heavy atom. The topological polar surface area (TPSA) is 38.9 Å². The summed E-state index contributed by atoms with van der Waals surface area (Å²) >= 11 is 0. The minimum atomic E-state index is -0.694. The minimum absolute atomic E-state index is 0.0893. The smallest absolute Gasteiger partial charge is 0.149 e. The summed E-state index contributed by atoms with van der Waals surface area (Å²) < 4.78 is 25.0. The zero-order chi connectivity index (χ0) is 8.43. The molecule has 1 atom stereocenters. The van der Waals surface area contributed by atoms with Crippen molar-refractivity contribution in [2.24, 2.45) is 5.73 Å². The van der Waals surface area contributed by atoms with E-state index in [0.29, 0.717) is 0 Å². The van der Waals surface area contributed by atoms with Gasteiger partial charge in [-0.05, 0) is 6.92 Å². The van der Waals surface area contributed by atoms with Gasteiger partial charge >= 0.3 is 0 Å². The second kappa shape index (κ2) is 2.92. The summed E-state index contributed by atoms with van der Waals surface area (Å²) in [5.41, 5.74) is 5.43. The average Bonchev–Trinajstić information content (AvgIpc) is 1.85. The number of hydrogen-bond acceptors (Lipinski definition) is 2. The molecule has 1 heterocycles. The molecule has 0 radical (unpaired) electrons. The first kappa shape index (κ1) is 8.07. The van der Waals surface area contributed by atoms with Crippen molar-refractivity contribution in [3.63, 3.8) is 0 Å². The molecule has 2 N–H and O–H groups in total. The van der Waals surface area contributed by atoms with E-state index < -0.39 is 17.7 Å². The number of rotatable bonds is 1. The Morgan fingerprint density at radius 1 is 1.55 bits per heavy atom. The van der Waals surface area contributed by atoms with E-state index in [2.05, 4.69) is 4.98 Å². The Morgan fingerprint density at radius 2 is 2.18 bits per heavy atom. The molecule has 2 nitrogen and oxygen atoms in total. The van der Waals surface area contributed by atoms with Crippen molar-refractivity contribution in [1.82, 2.24) is 4.98 Å². The number of aromatic nitrogens is 1. The van der Waals surface area contributed by atoms with E-state index in [1.54, 1.807) is 6.92 Å². The van der Waals surface area contributed by atoms with Crippen LogP contribution in [0.4, 0.5) is 8.78 Å². The highest BCUT2D eigenvalue weighted by atomic mass is 19.1. The first-order valence-corrected chi connectivity index (χ1v) is 3.18. The van der Waals surface area contributed by atoms with E-state index in [9.17, 15) is 8.78 Å². The van der Waals surface area contributed by atoms with E-state index in [1.807, 2.05) is 0 Å². The summed E-state index contributed by atoms with van der Waals surface area (Å²) in [5, 5.41) is 0. The van der Waals surface area contributed by atoms with E-state index >= 15 is 0 Å². The fourth-order valence-corrected chi connectivity index (χ4v) is 0.760. The molecule has 1 rings (SSSR count). The predicted octanol–water partition coefficient (Wildman–Crippen LogP) is 1.38. The molecule has 0 spiro atoms. The molecule has 0 aromatic carbocycles. The fraction of sp³-hybridized carbons (Fsp3) is 0.286. The van der Waals surface area contributed by atoms with Gasteiger partial charge in [-0.2, -0.15) is 0 Å². The van der Waals surface area contributed by atoms with Crippen LogP contribution < -0.4 is 5.73 Å². The van der Waals surface area contributed by atoms with Crippen LogP contribution in [-0.2, 0) is 0 Å². The SMILES string of the molecule is C[C@@H](N)c1ncc(F)cc1F.